The molecule has 3 heteroatoms. The Labute approximate surface area is 142 Å². The highest BCUT2D eigenvalue weighted by Gasteiger charge is 2.31. The summed E-state index contributed by atoms with van der Waals surface area (Å²) in [7, 11) is -0.648. The van der Waals surface area contributed by atoms with Gasteiger partial charge in [-0.25, -0.2) is 0 Å². The lowest BCUT2D eigenvalue weighted by Crippen LogP contribution is -2.30. The first-order valence-electron chi connectivity index (χ1n) is 8.06. The van der Waals surface area contributed by atoms with Gasteiger partial charge in [-0.05, 0) is 64.0 Å². The first kappa shape index (κ1) is 17.8. The average Bonchev–Trinajstić information content (AvgIpc) is 2.39. The monoisotopic (exact) mass is 328 g/mol. The predicted molar refractivity (Wildman–Crippen MR) is 107 cm³/mol. The minimum absolute atomic E-state index is 0.0814. The van der Waals surface area contributed by atoms with E-state index in [1.807, 2.05) is 0 Å². The SMILES string of the molecule is Cc1cc(C)c(N)c(P(c2cc(C)cc(C)c2N)C(C)(C)C)c1. The van der Waals surface area contributed by atoms with Crippen molar-refractivity contribution in [1.82, 2.24) is 0 Å². The highest BCUT2D eigenvalue weighted by Crippen LogP contribution is 2.50. The van der Waals surface area contributed by atoms with Gasteiger partial charge in [-0.15, -0.1) is 0 Å². The van der Waals surface area contributed by atoms with E-state index in [0.717, 1.165) is 22.5 Å². The summed E-state index contributed by atoms with van der Waals surface area (Å²) in [6.45, 7) is 15.3. The Morgan fingerprint density at radius 3 is 1.35 bits per heavy atom. The van der Waals surface area contributed by atoms with Gasteiger partial charge in [0.2, 0.25) is 0 Å². The number of aryl methyl sites for hydroxylation is 4. The summed E-state index contributed by atoms with van der Waals surface area (Å²) in [4.78, 5) is 0. The van der Waals surface area contributed by atoms with Crippen LogP contribution >= 0.6 is 7.92 Å². The molecule has 124 valence electrons. The third kappa shape index (κ3) is 3.53. The molecule has 23 heavy (non-hydrogen) atoms. The van der Waals surface area contributed by atoms with Crippen LogP contribution in [0.1, 0.15) is 43.0 Å². The molecule has 0 bridgehead atoms. The van der Waals surface area contributed by atoms with Crippen molar-refractivity contribution in [2.45, 2.75) is 53.6 Å². The van der Waals surface area contributed by atoms with E-state index in [1.165, 1.54) is 21.7 Å². The quantitative estimate of drug-likeness (QED) is 0.637. The maximum atomic E-state index is 6.49. The van der Waals surface area contributed by atoms with Gasteiger partial charge in [0.1, 0.15) is 0 Å². The van der Waals surface area contributed by atoms with Crippen molar-refractivity contribution < 1.29 is 0 Å². The molecule has 2 nitrogen and oxygen atoms in total. The molecule has 0 aliphatic rings. The Bertz CT molecular complexity index is 685. The Balaban J connectivity index is 2.80. The van der Waals surface area contributed by atoms with E-state index in [1.54, 1.807) is 0 Å². The van der Waals surface area contributed by atoms with Gasteiger partial charge in [0.15, 0.2) is 0 Å². The maximum Gasteiger partial charge on any atom is 0.0425 e. The molecular formula is C20H29N2P. The number of rotatable bonds is 2. The summed E-state index contributed by atoms with van der Waals surface area (Å²) in [5, 5.41) is 2.58. The Morgan fingerprint density at radius 1 is 0.696 bits per heavy atom. The van der Waals surface area contributed by atoms with Gasteiger partial charge < -0.3 is 11.5 Å². The Kier molecular flexibility index (Phi) is 4.78. The second-order valence-corrected chi connectivity index (χ2v) is 10.5. The topological polar surface area (TPSA) is 52.0 Å². The summed E-state index contributed by atoms with van der Waals surface area (Å²) in [5.74, 6) is 0. The van der Waals surface area contributed by atoms with Crippen molar-refractivity contribution in [3.63, 3.8) is 0 Å². The van der Waals surface area contributed by atoms with Gasteiger partial charge in [0, 0.05) is 22.0 Å². The van der Waals surface area contributed by atoms with Gasteiger partial charge in [-0.1, -0.05) is 44.0 Å². The zero-order valence-corrected chi connectivity index (χ0v) is 16.3. The lowest BCUT2D eigenvalue weighted by Gasteiger charge is -2.35. The lowest BCUT2D eigenvalue weighted by molar-refractivity contribution is 0.793. The molecule has 0 heterocycles. The number of anilines is 2. The number of hydrogen-bond donors (Lipinski definition) is 2. The average molecular weight is 328 g/mol. The van der Waals surface area contributed by atoms with Gasteiger partial charge in [-0.3, -0.25) is 0 Å². The third-order valence-corrected chi connectivity index (χ3v) is 7.22. The summed E-state index contributed by atoms with van der Waals surface area (Å²) in [6.07, 6.45) is 0. The van der Waals surface area contributed by atoms with Crippen molar-refractivity contribution in [1.29, 1.82) is 0 Å². The summed E-state index contributed by atoms with van der Waals surface area (Å²) < 4.78 is 0. The molecule has 0 atom stereocenters. The van der Waals surface area contributed by atoms with Crippen molar-refractivity contribution >= 4 is 29.9 Å². The van der Waals surface area contributed by atoms with Crippen molar-refractivity contribution in [2.75, 3.05) is 11.5 Å². The van der Waals surface area contributed by atoms with Crippen LogP contribution in [-0.2, 0) is 0 Å². The molecular weight excluding hydrogens is 299 g/mol. The van der Waals surface area contributed by atoms with Crippen LogP contribution in [0, 0.1) is 27.7 Å². The number of nitrogens with two attached hydrogens (primary N) is 2. The molecule has 4 N–H and O–H groups in total. The second kappa shape index (κ2) is 6.17. The lowest BCUT2D eigenvalue weighted by atomic mass is 10.1. The van der Waals surface area contributed by atoms with Crippen LogP contribution in [0.3, 0.4) is 0 Å². The molecule has 0 radical (unpaired) electrons. The number of nitrogen functional groups attached to an aromatic ring is 2. The van der Waals surface area contributed by atoms with E-state index in [4.69, 9.17) is 11.5 Å². The molecule has 0 saturated carbocycles. The molecule has 2 aromatic carbocycles. The minimum atomic E-state index is -0.648. The summed E-state index contributed by atoms with van der Waals surface area (Å²) in [5.41, 5.74) is 19.6. The molecule has 0 unspecified atom stereocenters. The molecule has 0 fully saturated rings. The summed E-state index contributed by atoms with van der Waals surface area (Å²) >= 11 is 0. The smallest absolute Gasteiger partial charge is 0.0425 e. The minimum Gasteiger partial charge on any atom is -0.398 e. The van der Waals surface area contributed by atoms with E-state index in [2.05, 4.69) is 72.7 Å². The molecule has 0 aliphatic carbocycles. The molecule has 0 aliphatic heterocycles. The van der Waals surface area contributed by atoms with Crippen LogP contribution in [0.25, 0.3) is 0 Å². The number of hydrogen-bond acceptors (Lipinski definition) is 2. The largest absolute Gasteiger partial charge is 0.398 e. The van der Waals surface area contributed by atoms with Crippen molar-refractivity contribution in [2.24, 2.45) is 0 Å². The molecule has 0 amide bonds. The van der Waals surface area contributed by atoms with Crippen LogP contribution in [0.2, 0.25) is 0 Å². The van der Waals surface area contributed by atoms with Gasteiger partial charge >= 0.3 is 0 Å². The standard InChI is InChI=1S/C20H29N2P/c1-12-8-14(3)18(21)16(10-12)23(20(5,6)7)17-11-13(2)9-15(4)19(17)22/h8-11H,21-22H2,1-7H3. The first-order valence-corrected chi connectivity index (χ1v) is 9.40. The Morgan fingerprint density at radius 2 is 1.04 bits per heavy atom. The van der Waals surface area contributed by atoms with Crippen LogP contribution in [0.4, 0.5) is 11.4 Å². The maximum absolute atomic E-state index is 6.49. The predicted octanol–water partition coefficient (Wildman–Crippen LogP) is 4.32. The highest BCUT2D eigenvalue weighted by molar-refractivity contribution is 7.75. The summed E-state index contributed by atoms with van der Waals surface area (Å²) in [6, 6.07) is 8.80. The fraction of sp³-hybridized carbons (Fsp3) is 0.400. The number of benzene rings is 2. The van der Waals surface area contributed by atoms with Crippen LogP contribution in [0.5, 0.6) is 0 Å². The van der Waals surface area contributed by atoms with Crippen LogP contribution in [-0.4, -0.2) is 5.16 Å². The fourth-order valence-electron chi connectivity index (χ4n) is 3.14. The second-order valence-electron chi connectivity index (χ2n) is 7.54. The zero-order valence-electron chi connectivity index (χ0n) is 15.4. The fourth-order valence-corrected chi connectivity index (χ4v) is 6.34. The van der Waals surface area contributed by atoms with Crippen LogP contribution < -0.4 is 22.1 Å². The zero-order chi connectivity index (χ0) is 17.5. The molecule has 0 saturated heterocycles. The molecule has 2 aromatic rings. The van der Waals surface area contributed by atoms with E-state index < -0.39 is 7.92 Å². The first-order chi connectivity index (χ1) is 10.5. The van der Waals surface area contributed by atoms with Crippen molar-refractivity contribution in [3.8, 4) is 0 Å². The van der Waals surface area contributed by atoms with Gasteiger partial charge in [0.05, 0.1) is 0 Å². The molecule has 0 spiro atoms. The Hall–Kier alpha value is -1.53. The van der Waals surface area contributed by atoms with E-state index in [-0.39, 0.29) is 5.16 Å². The van der Waals surface area contributed by atoms with Gasteiger partial charge in [0.25, 0.3) is 0 Å². The molecule has 2 rings (SSSR count). The van der Waals surface area contributed by atoms with Gasteiger partial charge in [-0.2, -0.15) is 0 Å². The van der Waals surface area contributed by atoms with Crippen LogP contribution in [0.15, 0.2) is 24.3 Å². The third-order valence-electron chi connectivity index (χ3n) is 4.17. The van der Waals surface area contributed by atoms with E-state index >= 15 is 0 Å². The van der Waals surface area contributed by atoms with E-state index in [0.29, 0.717) is 0 Å². The highest BCUT2D eigenvalue weighted by atomic mass is 31.1. The van der Waals surface area contributed by atoms with Crippen molar-refractivity contribution in [3.05, 3.63) is 46.5 Å². The molecule has 0 aromatic heterocycles. The van der Waals surface area contributed by atoms with E-state index in [9.17, 15) is 0 Å². The normalized spacial score (nSPS) is 12.0.